The van der Waals surface area contributed by atoms with Gasteiger partial charge in [0.15, 0.2) is 0 Å². The minimum absolute atomic E-state index is 0.386. The summed E-state index contributed by atoms with van der Waals surface area (Å²) in [6, 6.07) is 8.28. The molecular formula is C14H17N3O. The molecule has 4 nitrogen and oxygen atoms in total. The SMILES string of the molecule is Cc1cc(NC2CCOC2)c2cc(N)ccc2n1. The number of hydrogen-bond donors (Lipinski definition) is 2. The molecule has 1 aliphatic rings. The number of nitrogens with zero attached hydrogens (tertiary/aromatic N) is 1. The number of aromatic nitrogens is 1. The largest absolute Gasteiger partial charge is 0.399 e. The lowest BCUT2D eigenvalue weighted by molar-refractivity contribution is 0.195. The highest BCUT2D eigenvalue weighted by Gasteiger charge is 2.16. The van der Waals surface area contributed by atoms with E-state index in [-0.39, 0.29) is 0 Å². The summed E-state index contributed by atoms with van der Waals surface area (Å²) in [5.41, 5.74) is 9.70. The first-order chi connectivity index (χ1) is 8.72. The molecule has 18 heavy (non-hydrogen) atoms. The maximum Gasteiger partial charge on any atom is 0.0727 e. The molecule has 1 unspecified atom stereocenters. The van der Waals surface area contributed by atoms with E-state index in [0.717, 1.165) is 47.6 Å². The fourth-order valence-corrected chi connectivity index (χ4v) is 2.36. The van der Waals surface area contributed by atoms with Crippen molar-refractivity contribution in [2.45, 2.75) is 19.4 Å². The molecule has 0 spiro atoms. The van der Waals surface area contributed by atoms with Gasteiger partial charge in [-0.15, -0.1) is 0 Å². The molecule has 0 aliphatic carbocycles. The fourth-order valence-electron chi connectivity index (χ4n) is 2.36. The van der Waals surface area contributed by atoms with Crippen LogP contribution in [-0.2, 0) is 4.74 Å². The number of anilines is 2. The number of pyridine rings is 1. The van der Waals surface area contributed by atoms with Gasteiger partial charge in [0.2, 0.25) is 0 Å². The summed E-state index contributed by atoms with van der Waals surface area (Å²) in [6.07, 6.45) is 1.05. The van der Waals surface area contributed by atoms with E-state index >= 15 is 0 Å². The molecule has 1 aromatic heterocycles. The maximum atomic E-state index is 5.86. The smallest absolute Gasteiger partial charge is 0.0727 e. The Bertz CT molecular complexity index is 577. The zero-order valence-electron chi connectivity index (χ0n) is 10.4. The average molecular weight is 243 g/mol. The molecule has 2 aromatic rings. The van der Waals surface area contributed by atoms with Crippen LogP contribution >= 0.6 is 0 Å². The molecule has 0 amide bonds. The van der Waals surface area contributed by atoms with Crippen LogP contribution in [0.1, 0.15) is 12.1 Å². The van der Waals surface area contributed by atoms with E-state index in [9.17, 15) is 0 Å². The molecule has 1 saturated heterocycles. The van der Waals surface area contributed by atoms with Gasteiger partial charge in [-0.05, 0) is 37.6 Å². The van der Waals surface area contributed by atoms with Crippen LogP contribution in [-0.4, -0.2) is 24.2 Å². The lowest BCUT2D eigenvalue weighted by Crippen LogP contribution is -2.19. The fraction of sp³-hybridized carbons (Fsp3) is 0.357. The van der Waals surface area contributed by atoms with Crippen molar-refractivity contribution in [2.24, 2.45) is 0 Å². The predicted octanol–water partition coefficient (Wildman–Crippen LogP) is 2.33. The minimum atomic E-state index is 0.386. The Morgan fingerprint density at radius 1 is 1.39 bits per heavy atom. The van der Waals surface area contributed by atoms with Crippen LogP contribution in [0.25, 0.3) is 10.9 Å². The normalized spacial score (nSPS) is 19.3. The van der Waals surface area contributed by atoms with E-state index in [1.165, 1.54) is 0 Å². The van der Waals surface area contributed by atoms with Crippen LogP contribution in [0.4, 0.5) is 11.4 Å². The van der Waals surface area contributed by atoms with Gasteiger partial charge in [0, 0.05) is 29.1 Å². The number of fused-ring (bicyclic) bond motifs is 1. The van der Waals surface area contributed by atoms with E-state index in [2.05, 4.69) is 16.4 Å². The van der Waals surface area contributed by atoms with Gasteiger partial charge in [0.25, 0.3) is 0 Å². The Morgan fingerprint density at radius 3 is 3.06 bits per heavy atom. The van der Waals surface area contributed by atoms with Gasteiger partial charge in [-0.2, -0.15) is 0 Å². The van der Waals surface area contributed by atoms with Gasteiger partial charge in [-0.3, -0.25) is 4.98 Å². The molecule has 2 heterocycles. The van der Waals surface area contributed by atoms with E-state index in [0.29, 0.717) is 6.04 Å². The van der Waals surface area contributed by atoms with Crippen LogP contribution < -0.4 is 11.1 Å². The number of ether oxygens (including phenoxy) is 1. The van der Waals surface area contributed by atoms with Crippen LogP contribution in [0.5, 0.6) is 0 Å². The summed E-state index contributed by atoms with van der Waals surface area (Å²) < 4.78 is 5.39. The summed E-state index contributed by atoms with van der Waals surface area (Å²) >= 11 is 0. The second-order valence-electron chi connectivity index (χ2n) is 4.79. The van der Waals surface area contributed by atoms with Crippen LogP contribution in [0.2, 0.25) is 0 Å². The lowest BCUT2D eigenvalue weighted by atomic mass is 10.1. The number of rotatable bonds is 2. The first kappa shape index (κ1) is 11.3. The Morgan fingerprint density at radius 2 is 2.28 bits per heavy atom. The predicted molar refractivity (Wildman–Crippen MR) is 73.7 cm³/mol. The molecule has 0 radical (unpaired) electrons. The molecular weight excluding hydrogens is 226 g/mol. The van der Waals surface area contributed by atoms with Crippen molar-refractivity contribution < 1.29 is 4.74 Å². The van der Waals surface area contributed by atoms with E-state index in [1.807, 2.05) is 25.1 Å². The molecule has 1 atom stereocenters. The van der Waals surface area contributed by atoms with E-state index < -0.39 is 0 Å². The Kier molecular flexibility index (Phi) is 2.80. The second kappa shape index (κ2) is 4.46. The Hall–Kier alpha value is -1.81. The van der Waals surface area contributed by atoms with Crippen LogP contribution in [0, 0.1) is 6.92 Å². The zero-order chi connectivity index (χ0) is 12.5. The van der Waals surface area contributed by atoms with Gasteiger partial charge in [0.1, 0.15) is 0 Å². The second-order valence-corrected chi connectivity index (χ2v) is 4.79. The van der Waals surface area contributed by atoms with Gasteiger partial charge in [0.05, 0.1) is 18.2 Å². The van der Waals surface area contributed by atoms with Gasteiger partial charge in [-0.1, -0.05) is 0 Å². The lowest BCUT2D eigenvalue weighted by Gasteiger charge is -2.15. The van der Waals surface area contributed by atoms with Crippen LogP contribution in [0.15, 0.2) is 24.3 Å². The Balaban J connectivity index is 2.05. The third-order valence-corrected chi connectivity index (χ3v) is 3.25. The van der Waals surface area contributed by atoms with Gasteiger partial charge in [-0.25, -0.2) is 0 Å². The molecule has 3 rings (SSSR count). The highest BCUT2D eigenvalue weighted by molar-refractivity contribution is 5.93. The third-order valence-electron chi connectivity index (χ3n) is 3.25. The quantitative estimate of drug-likeness (QED) is 0.795. The number of nitrogens with one attached hydrogen (secondary N) is 1. The zero-order valence-corrected chi connectivity index (χ0v) is 10.4. The first-order valence-corrected chi connectivity index (χ1v) is 6.23. The summed E-state index contributed by atoms with van der Waals surface area (Å²) in [4.78, 5) is 4.53. The van der Waals surface area contributed by atoms with Crippen molar-refractivity contribution >= 4 is 22.3 Å². The van der Waals surface area contributed by atoms with Crippen molar-refractivity contribution in [3.8, 4) is 0 Å². The number of hydrogen-bond acceptors (Lipinski definition) is 4. The van der Waals surface area contributed by atoms with Crippen LogP contribution in [0.3, 0.4) is 0 Å². The Labute approximate surface area is 106 Å². The summed E-state index contributed by atoms with van der Waals surface area (Å²) in [7, 11) is 0. The number of benzene rings is 1. The molecule has 1 aromatic carbocycles. The monoisotopic (exact) mass is 243 g/mol. The van der Waals surface area contributed by atoms with Crippen molar-refractivity contribution in [3.63, 3.8) is 0 Å². The molecule has 3 N–H and O–H groups in total. The number of aryl methyl sites for hydroxylation is 1. The van der Waals surface area contributed by atoms with Crippen molar-refractivity contribution in [3.05, 3.63) is 30.0 Å². The highest BCUT2D eigenvalue weighted by Crippen LogP contribution is 2.26. The topological polar surface area (TPSA) is 60.2 Å². The number of nitrogens with two attached hydrogens (primary N) is 1. The summed E-state index contributed by atoms with van der Waals surface area (Å²) in [6.45, 7) is 3.61. The standard InChI is InChI=1S/C14H17N3O/c1-9-6-14(17-11-4-5-18-8-11)12-7-10(15)2-3-13(12)16-9/h2-3,6-7,11H,4-5,8,15H2,1H3,(H,16,17). The molecule has 1 fully saturated rings. The molecule has 0 bridgehead atoms. The van der Waals surface area contributed by atoms with E-state index in [4.69, 9.17) is 10.5 Å². The summed E-state index contributed by atoms with van der Waals surface area (Å²) in [5.74, 6) is 0. The van der Waals surface area contributed by atoms with Crippen molar-refractivity contribution in [1.82, 2.24) is 4.98 Å². The van der Waals surface area contributed by atoms with Crippen molar-refractivity contribution in [1.29, 1.82) is 0 Å². The van der Waals surface area contributed by atoms with Crippen molar-refractivity contribution in [2.75, 3.05) is 24.3 Å². The number of nitrogen functional groups attached to an aromatic ring is 1. The summed E-state index contributed by atoms with van der Waals surface area (Å²) in [5, 5.41) is 4.61. The maximum absolute atomic E-state index is 5.86. The molecule has 94 valence electrons. The van der Waals surface area contributed by atoms with E-state index in [1.54, 1.807) is 0 Å². The van der Waals surface area contributed by atoms with Gasteiger partial charge < -0.3 is 15.8 Å². The third kappa shape index (κ3) is 2.11. The first-order valence-electron chi connectivity index (χ1n) is 6.23. The molecule has 4 heteroatoms. The highest BCUT2D eigenvalue weighted by atomic mass is 16.5. The molecule has 1 aliphatic heterocycles. The van der Waals surface area contributed by atoms with Gasteiger partial charge >= 0.3 is 0 Å². The average Bonchev–Trinajstić information content (AvgIpc) is 2.83. The minimum Gasteiger partial charge on any atom is -0.399 e. The molecule has 0 saturated carbocycles.